The van der Waals surface area contributed by atoms with Gasteiger partial charge in [-0.2, -0.15) is 0 Å². The first-order chi connectivity index (χ1) is 15.2. The summed E-state index contributed by atoms with van der Waals surface area (Å²) in [7, 11) is 4.86. The number of amides is 1. The zero-order chi connectivity index (χ0) is 23.7. The van der Waals surface area contributed by atoms with Gasteiger partial charge in [0.05, 0.1) is 21.3 Å². The number of nitrogens with one attached hydrogen (secondary N) is 2. The van der Waals surface area contributed by atoms with Crippen LogP contribution in [0.1, 0.15) is 33.3 Å². The van der Waals surface area contributed by atoms with Gasteiger partial charge in [-0.3, -0.25) is 9.69 Å². The summed E-state index contributed by atoms with van der Waals surface area (Å²) in [5.74, 6) is 2.63. The molecular formula is C23H39N5O4. The van der Waals surface area contributed by atoms with Gasteiger partial charge in [-0.25, -0.2) is 4.99 Å². The highest BCUT2D eigenvalue weighted by Gasteiger charge is 2.22. The second-order valence-corrected chi connectivity index (χ2v) is 8.77. The maximum atomic E-state index is 12.2. The Morgan fingerprint density at radius 2 is 1.62 bits per heavy atom. The molecule has 1 saturated heterocycles. The highest BCUT2D eigenvalue weighted by molar-refractivity contribution is 5.85. The second kappa shape index (κ2) is 11.8. The molecule has 0 atom stereocenters. The Balaban J connectivity index is 1.99. The first-order valence-corrected chi connectivity index (χ1v) is 11.1. The number of rotatable bonds is 8. The molecule has 1 aliphatic rings. The van der Waals surface area contributed by atoms with Crippen molar-refractivity contribution in [2.45, 2.75) is 39.8 Å². The van der Waals surface area contributed by atoms with Crippen molar-refractivity contribution in [3.63, 3.8) is 0 Å². The molecule has 32 heavy (non-hydrogen) atoms. The molecule has 0 aliphatic carbocycles. The number of hydrogen-bond acceptors (Lipinski definition) is 6. The molecule has 0 spiro atoms. The van der Waals surface area contributed by atoms with Crippen LogP contribution in [-0.4, -0.2) is 87.8 Å². The lowest BCUT2D eigenvalue weighted by Gasteiger charge is -2.36. The van der Waals surface area contributed by atoms with E-state index in [1.54, 1.807) is 21.3 Å². The van der Waals surface area contributed by atoms with Crippen molar-refractivity contribution in [1.29, 1.82) is 0 Å². The van der Waals surface area contributed by atoms with E-state index in [0.29, 0.717) is 17.2 Å². The van der Waals surface area contributed by atoms with E-state index in [-0.39, 0.29) is 18.0 Å². The topological polar surface area (TPSA) is 87.7 Å². The Morgan fingerprint density at radius 3 is 2.09 bits per heavy atom. The van der Waals surface area contributed by atoms with Crippen molar-refractivity contribution in [1.82, 2.24) is 20.4 Å². The molecule has 1 aromatic carbocycles. The number of carbonyl (C=O) groups excluding carboxylic acids is 1. The summed E-state index contributed by atoms with van der Waals surface area (Å²) in [5, 5.41) is 6.26. The quantitative estimate of drug-likeness (QED) is 0.461. The van der Waals surface area contributed by atoms with Crippen LogP contribution in [0.5, 0.6) is 17.2 Å². The fourth-order valence-electron chi connectivity index (χ4n) is 3.63. The molecule has 0 aromatic heterocycles. The van der Waals surface area contributed by atoms with Crippen molar-refractivity contribution >= 4 is 11.9 Å². The van der Waals surface area contributed by atoms with Gasteiger partial charge in [0.25, 0.3) is 0 Å². The van der Waals surface area contributed by atoms with Crippen molar-refractivity contribution < 1.29 is 19.0 Å². The summed E-state index contributed by atoms with van der Waals surface area (Å²) < 4.78 is 16.4. The van der Waals surface area contributed by atoms with Gasteiger partial charge in [-0.15, -0.1) is 0 Å². The zero-order valence-corrected chi connectivity index (χ0v) is 20.6. The first kappa shape index (κ1) is 25.6. The number of benzene rings is 1. The summed E-state index contributed by atoms with van der Waals surface area (Å²) in [6.45, 7) is 13.0. The minimum absolute atomic E-state index is 0.0751. The highest BCUT2D eigenvalue weighted by Crippen LogP contribution is 2.38. The molecule has 1 amide bonds. The van der Waals surface area contributed by atoms with Crippen LogP contribution in [-0.2, 0) is 11.3 Å². The monoisotopic (exact) mass is 449 g/mol. The maximum absolute atomic E-state index is 12.2. The summed E-state index contributed by atoms with van der Waals surface area (Å²) in [6, 6.07) is 3.99. The Hall–Kier alpha value is -2.68. The number of ether oxygens (including phenoxy) is 3. The molecule has 0 bridgehead atoms. The van der Waals surface area contributed by atoms with E-state index < -0.39 is 0 Å². The van der Waals surface area contributed by atoms with Crippen molar-refractivity contribution in [3.05, 3.63) is 17.7 Å². The van der Waals surface area contributed by atoms with Crippen LogP contribution >= 0.6 is 0 Å². The van der Waals surface area contributed by atoms with E-state index >= 15 is 0 Å². The lowest BCUT2D eigenvalue weighted by Crippen LogP contribution is -2.52. The predicted octanol–water partition coefficient (Wildman–Crippen LogP) is 1.71. The standard InChI is InChI=1S/C23H39N5O4/c1-8-24-22(25-15-20(29)26-23(2,3)4)28-11-9-27(10-12-28)16-17-13-18(30-5)21(32-7)19(14-17)31-6/h13-14H,8-12,15-16H2,1-7H3,(H,24,25)(H,26,29). The highest BCUT2D eigenvalue weighted by atomic mass is 16.5. The molecule has 0 unspecified atom stereocenters. The number of nitrogens with zero attached hydrogens (tertiary/aromatic N) is 3. The third kappa shape index (κ3) is 7.47. The van der Waals surface area contributed by atoms with Crippen LogP contribution in [0, 0.1) is 0 Å². The molecule has 1 aliphatic heterocycles. The van der Waals surface area contributed by atoms with Gasteiger partial charge >= 0.3 is 0 Å². The normalized spacial score (nSPS) is 15.3. The van der Waals surface area contributed by atoms with Crippen LogP contribution in [0.15, 0.2) is 17.1 Å². The Morgan fingerprint density at radius 1 is 1.03 bits per heavy atom. The van der Waals surface area contributed by atoms with Gasteiger partial charge in [0.2, 0.25) is 11.7 Å². The van der Waals surface area contributed by atoms with E-state index in [2.05, 4.69) is 25.4 Å². The molecule has 2 rings (SSSR count). The van der Waals surface area contributed by atoms with Crippen molar-refractivity contribution in [2.75, 3.05) is 60.6 Å². The van der Waals surface area contributed by atoms with E-state index in [1.807, 2.05) is 39.8 Å². The SMILES string of the molecule is CCNC(=NCC(=O)NC(C)(C)C)N1CCN(Cc2cc(OC)c(OC)c(OC)c2)CC1. The van der Waals surface area contributed by atoms with Gasteiger partial charge in [-0.05, 0) is 45.4 Å². The van der Waals surface area contributed by atoms with Crippen molar-refractivity contribution in [3.8, 4) is 17.2 Å². The smallest absolute Gasteiger partial charge is 0.242 e. The summed E-state index contributed by atoms with van der Waals surface area (Å²) in [6.07, 6.45) is 0. The molecule has 9 heteroatoms. The number of guanidine groups is 1. The maximum Gasteiger partial charge on any atom is 0.242 e. The predicted molar refractivity (Wildman–Crippen MR) is 127 cm³/mol. The third-order valence-electron chi connectivity index (χ3n) is 5.02. The van der Waals surface area contributed by atoms with E-state index in [4.69, 9.17) is 14.2 Å². The molecule has 2 N–H and O–H groups in total. The lowest BCUT2D eigenvalue weighted by molar-refractivity contribution is -0.121. The summed E-state index contributed by atoms with van der Waals surface area (Å²) in [5.41, 5.74) is 0.844. The lowest BCUT2D eigenvalue weighted by atomic mass is 10.1. The summed E-state index contributed by atoms with van der Waals surface area (Å²) >= 11 is 0. The Labute approximate surface area is 192 Å². The van der Waals surface area contributed by atoms with Gasteiger partial charge in [-0.1, -0.05) is 0 Å². The van der Waals surface area contributed by atoms with E-state index in [1.165, 1.54) is 0 Å². The summed E-state index contributed by atoms with van der Waals surface area (Å²) in [4.78, 5) is 21.3. The number of methoxy groups -OCH3 is 3. The number of hydrogen-bond donors (Lipinski definition) is 2. The average Bonchev–Trinajstić information content (AvgIpc) is 2.75. The van der Waals surface area contributed by atoms with Crippen molar-refractivity contribution in [2.24, 2.45) is 4.99 Å². The van der Waals surface area contributed by atoms with Crippen LogP contribution < -0.4 is 24.8 Å². The first-order valence-electron chi connectivity index (χ1n) is 11.1. The van der Waals surface area contributed by atoms with Gasteiger partial charge in [0.15, 0.2) is 17.5 Å². The molecule has 0 radical (unpaired) electrons. The van der Waals surface area contributed by atoms with E-state index in [9.17, 15) is 4.79 Å². The second-order valence-electron chi connectivity index (χ2n) is 8.77. The molecule has 1 heterocycles. The largest absolute Gasteiger partial charge is 0.493 e. The number of aliphatic imine (C=N–C) groups is 1. The fourth-order valence-corrected chi connectivity index (χ4v) is 3.63. The van der Waals surface area contributed by atoms with Crippen LogP contribution in [0.4, 0.5) is 0 Å². The van der Waals surface area contributed by atoms with Gasteiger partial charge in [0, 0.05) is 44.8 Å². The van der Waals surface area contributed by atoms with Gasteiger partial charge in [0.1, 0.15) is 6.54 Å². The molecule has 180 valence electrons. The van der Waals surface area contributed by atoms with E-state index in [0.717, 1.165) is 50.8 Å². The fraction of sp³-hybridized carbons (Fsp3) is 0.652. The molecule has 0 saturated carbocycles. The average molecular weight is 450 g/mol. The minimum Gasteiger partial charge on any atom is -0.493 e. The third-order valence-corrected chi connectivity index (χ3v) is 5.02. The number of carbonyl (C=O) groups is 1. The molecular weight excluding hydrogens is 410 g/mol. The van der Waals surface area contributed by atoms with Crippen LogP contribution in [0.25, 0.3) is 0 Å². The van der Waals surface area contributed by atoms with Crippen LogP contribution in [0.3, 0.4) is 0 Å². The molecule has 1 aromatic rings. The number of piperazine rings is 1. The zero-order valence-electron chi connectivity index (χ0n) is 20.6. The Kier molecular flexibility index (Phi) is 9.43. The molecule has 9 nitrogen and oxygen atoms in total. The van der Waals surface area contributed by atoms with Gasteiger partial charge < -0.3 is 29.7 Å². The minimum atomic E-state index is -0.261. The Bertz CT molecular complexity index is 758. The van der Waals surface area contributed by atoms with Crippen LogP contribution in [0.2, 0.25) is 0 Å². The molecule has 1 fully saturated rings.